The van der Waals surface area contributed by atoms with E-state index in [1.165, 1.54) is 11.8 Å². The zero-order chi connectivity index (χ0) is 10.7. The van der Waals surface area contributed by atoms with Gasteiger partial charge in [-0.2, -0.15) is 0 Å². The third-order valence-corrected chi connectivity index (χ3v) is 2.43. The molecular weight excluding hydrogens is 184 g/mol. The van der Waals surface area contributed by atoms with E-state index in [4.69, 9.17) is 0 Å². The van der Waals surface area contributed by atoms with Gasteiger partial charge in [0.25, 0.3) is 0 Å². The van der Waals surface area contributed by atoms with Crippen LogP contribution in [0.4, 0.5) is 0 Å². The highest BCUT2D eigenvalue weighted by Crippen LogP contribution is 2.08. The van der Waals surface area contributed by atoms with Gasteiger partial charge < -0.3 is 14.9 Å². The molecule has 0 radical (unpaired) electrons. The number of likely N-dealkylation sites (N-methyl/N-ethyl adjacent to an activating group) is 1. The highest BCUT2D eigenvalue weighted by atomic mass is 16.3. The standard InChI is InChI=1S/C9H16N2O3/c1-7(12)10(2)6-9(14)11-4-3-8(13)5-11/h8,13H,3-6H2,1-2H3/t8-/m1/s1. The van der Waals surface area contributed by atoms with E-state index >= 15 is 0 Å². The zero-order valence-electron chi connectivity index (χ0n) is 8.56. The number of aliphatic hydroxyl groups excluding tert-OH is 1. The van der Waals surface area contributed by atoms with E-state index in [1.54, 1.807) is 11.9 Å². The number of likely N-dealkylation sites (tertiary alicyclic amines) is 1. The first-order valence-corrected chi connectivity index (χ1v) is 4.68. The Hall–Kier alpha value is -1.10. The maximum Gasteiger partial charge on any atom is 0.242 e. The molecule has 1 rings (SSSR count). The van der Waals surface area contributed by atoms with Gasteiger partial charge in [-0.3, -0.25) is 9.59 Å². The molecule has 0 spiro atoms. The predicted molar refractivity (Wildman–Crippen MR) is 50.5 cm³/mol. The Labute approximate surface area is 83.3 Å². The minimum atomic E-state index is -0.401. The van der Waals surface area contributed by atoms with Crippen molar-refractivity contribution in [3.63, 3.8) is 0 Å². The molecular formula is C9H16N2O3. The molecule has 0 unspecified atom stereocenters. The van der Waals surface area contributed by atoms with Crippen molar-refractivity contribution in [2.24, 2.45) is 0 Å². The van der Waals surface area contributed by atoms with Crippen molar-refractivity contribution in [3.05, 3.63) is 0 Å². The van der Waals surface area contributed by atoms with Gasteiger partial charge in [-0.1, -0.05) is 0 Å². The van der Waals surface area contributed by atoms with Crippen LogP contribution in [0.5, 0.6) is 0 Å². The number of aliphatic hydroxyl groups is 1. The lowest BCUT2D eigenvalue weighted by Crippen LogP contribution is -2.39. The maximum absolute atomic E-state index is 11.5. The van der Waals surface area contributed by atoms with Crippen LogP contribution in [0.3, 0.4) is 0 Å². The molecule has 0 aliphatic carbocycles. The molecule has 0 aromatic carbocycles. The molecule has 14 heavy (non-hydrogen) atoms. The van der Waals surface area contributed by atoms with Gasteiger partial charge in [0.2, 0.25) is 11.8 Å². The van der Waals surface area contributed by atoms with Crippen LogP contribution in [0.1, 0.15) is 13.3 Å². The highest BCUT2D eigenvalue weighted by molar-refractivity contribution is 5.83. The first-order chi connectivity index (χ1) is 6.50. The van der Waals surface area contributed by atoms with E-state index in [1.807, 2.05) is 0 Å². The van der Waals surface area contributed by atoms with E-state index in [9.17, 15) is 14.7 Å². The molecule has 1 heterocycles. The van der Waals surface area contributed by atoms with Gasteiger partial charge in [0.05, 0.1) is 12.6 Å². The van der Waals surface area contributed by atoms with Gasteiger partial charge in [-0.25, -0.2) is 0 Å². The van der Waals surface area contributed by atoms with Crippen molar-refractivity contribution in [2.45, 2.75) is 19.4 Å². The quantitative estimate of drug-likeness (QED) is 0.625. The summed E-state index contributed by atoms with van der Waals surface area (Å²) < 4.78 is 0. The summed E-state index contributed by atoms with van der Waals surface area (Å²) in [5.41, 5.74) is 0. The van der Waals surface area contributed by atoms with Gasteiger partial charge in [0.15, 0.2) is 0 Å². The van der Waals surface area contributed by atoms with E-state index in [-0.39, 0.29) is 18.4 Å². The molecule has 2 amide bonds. The average Bonchev–Trinajstić information content (AvgIpc) is 2.51. The van der Waals surface area contributed by atoms with Crippen LogP contribution in [0.2, 0.25) is 0 Å². The van der Waals surface area contributed by atoms with Gasteiger partial charge in [-0.05, 0) is 6.42 Å². The van der Waals surface area contributed by atoms with Gasteiger partial charge >= 0.3 is 0 Å². The van der Waals surface area contributed by atoms with E-state index < -0.39 is 6.10 Å². The van der Waals surface area contributed by atoms with Gasteiger partial charge in [-0.15, -0.1) is 0 Å². The van der Waals surface area contributed by atoms with Crippen molar-refractivity contribution in [3.8, 4) is 0 Å². The van der Waals surface area contributed by atoms with Crippen molar-refractivity contribution in [2.75, 3.05) is 26.7 Å². The molecule has 1 aliphatic heterocycles. The Morgan fingerprint density at radius 2 is 2.21 bits per heavy atom. The Bertz CT molecular complexity index is 242. The van der Waals surface area contributed by atoms with Crippen LogP contribution in [-0.4, -0.2) is 59.5 Å². The normalized spacial score (nSPS) is 21.1. The Kier molecular flexibility index (Phi) is 3.46. The topological polar surface area (TPSA) is 60.9 Å². The molecule has 1 fully saturated rings. The number of β-amino-alcohol motifs (C(OH)–C–C–N with tert-alkyl or cyclic N) is 1. The lowest BCUT2D eigenvalue weighted by atomic mass is 10.3. The first-order valence-electron chi connectivity index (χ1n) is 4.68. The number of hydrogen-bond acceptors (Lipinski definition) is 3. The van der Waals surface area contributed by atoms with Crippen molar-refractivity contribution >= 4 is 11.8 Å². The summed E-state index contributed by atoms with van der Waals surface area (Å²) in [6.07, 6.45) is 0.233. The third-order valence-electron chi connectivity index (χ3n) is 2.43. The number of hydrogen-bond donors (Lipinski definition) is 1. The molecule has 0 aromatic heterocycles. The molecule has 0 aromatic rings. The SMILES string of the molecule is CC(=O)N(C)CC(=O)N1CC[C@@H](O)C1. The van der Waals surface area contributed by atoms with Crippen molar-refractivity contribution in [1.29, 1.82) is 0 Å². The lowest BCUT2D eigenvalue weighted by molar-refractivity contribution is -0.137. The Morgan fingerprint density at radius 1 is 1.57 bits per heavy atom. The van der Waals surface area contributed by atoms with Crippen LogP contribution >= 0.6 is 0 Å². The van der Waals surface area contributed by atoms with Crippen LogP contribution in [0, 0.1) is 0 Å². The number of amides is 2. The summed E-state index contributed by atoms with van der Waals surface area (Å²) in [6, 6.07) is 0. The fourth-order valence-corrected chi connectivity index (χ4v) is 1.38. The lowest BCUT2D eigenvalue weighted by Gasteiger charge is -2.20. The first kappa shape index (κ1) is 11.0. The number of rotatable bonds is 2. The zero-order valence-corrected chi connectivity index (χ0v) is 8.56. The second kappa shape index (κ2) is 4.41. The summed E-state index contributed by atoms with van der Waals surface area (Å²) in [4.78, 5) is 25.3. The minimum absolute atomic E-state index is 0.0979. The predicted octanol–water partition coefficient (Wildman–Crippen LogP) is -0.942. The van der Waals surface area contributed by atoms with Crippen molar-refractivity contribution in [1.82, 2.24) is 9.80 Å². The maximum atomic E-state index is 11.5. The second-order valence-corrected chi connectivity index (χ2v) is 3.66. The monoisotopic (exact) mass is 200 g/mol. The van der Waals surface area contributed by atoms with Crippen LogP contribution in [-0.2, 0) is 9.59 Å². The molecule has 0 bridgehead atoms. The summed E-state index contributed by atoms with van der Waals surface area (Å²) in [5, 5.41) is 9.22. The molecule has 1 aliphatic rings. The summed E-state index contributed by atoms with van der Waals surface area (Å²) in [7, 11) is 1.59. The van der Waals surface area contributed by atoms with Crippen molar-refractivity contribution < 1.29 is 14.7 Å². The van der Waals surface area contributed by atoms with E-state index in [0.717, 1.165) is 0 Å². The van der Waals surface area contributed by atoms with Crippen LogP contribution < -0.4 is 0 Å². The molecule has 1 N–H and O–H groups in total. The number of carbonyl (C=O) groups is 2. The fraction of sp³-hybridized carbons (Fsp3) is 0.778. The van der Waals surface area contributed by atoms with E-state index in [2.05, 4.69) is 0 Å². The molecule has 0 saturated carbocycles. The van der Waals surface area contributed by atoms with E-state index in [0.29, 0.717) is 19.5 Å². The Morgan fingerprint density at radius 3 is 2.64 bits per heavy atom. The molecule has 1 saturated heterocycles. The molecule has 5 heteroatoms. The fourth-order valence-electron chi connectivity index (χ4n) is 1.38. The summed E-state index contributed by atoms with van der Waals surface area (Å²) in [6.45, 7) is 2.50. The Balaban J connectivity index is 2.39. The van der Waals surface area contributed by atoms with Gasteiger partial charge in [0, 0.05) is 27.1 Å². The number of carbonyl (C=O) groups excluding carboxylic acids is 2. The second-order valence-electron chi connectivity index (χ2n) is 3.66. The average molecular weight is 200 g/mol. The summed E-state index contributed by atoms with van der Waals surface area (Å²) in [5.74, 6) is -0.225. The van der Waals surface area contributed by atoms with Crippen LogP contribution in [0.15, 0.2) is 0 Å². The summed E-state index contributed by atoms with van der Waals surface area (Å²) >= 11 is 0. The highest BCUT2D eigenvalue weighted by Gasteiger charge is 2.25. The molecule has 5 nitrogen and oxygen atoms in total. The largest absolute Gasteiger partial charge is 0.391 e. The number of nitrogens with zero attached hydrogens (tertiary/aromatic N) is 2. The molecule has 1 atom stereocenters. The third kappa shape index (κ3) is 2.70. The van der Waals surface area contributed by atoms with Gasteiger partial charge in [0.1, 0.15) is 0 Å². The smallest absolute Gasteiger partial charge is 0.242 e. The molecule has 80 valence electrons. The minimum Gasteiger partial charge on any atom is -0.391 e. The van der Waals surface area contributed by atoms with Crippen LogP contribution in [0.25, 0.3) is 0 Å².